The molecule has 0 spiro atoms. The molecule has 0 bridgehead atoms. The molecule has 2 atom stereocenters. The van der Waals surface area contributed by atoms with Gasteiger partial charge >= 0.3 is 0 Å². The van der Waals surface area contributed by atoms with Gasteiger partial charge in [0.1, 0.15) is 0 Å². The molecule has 0 unspecified atom stereocenters. The highest BCUT2D eigenvalue weighted by molar-refractivity contribution is 5.73. The van der Waals surface area contributed by atoms with Crippen molar-refractivity contribution in [2.24, 2.45) is 11.3 Å². The van der Waals surface area contributed by atoms with E-state index in [-0.39, 0.29) is 11.3 Å². The molecule has 1 saturated carbocycles. The number of nitrogens with zero attached hydrogens (tertiary/aromatic N) is 2. The molecule has 2 fully saturated rings. The minimum absolute atomic E-state index is 0.199. The van der Waals surface area contributed by atoms with Gasteiger partial charge in [0.2, 0.25) is 5.91 Å². The Morgan fingerprint density at radius 1 is 1.25 bits per heavy atom. The van der Waals surface area contributed by atoms with Crippen molar-refractivity contribution < 1.29 is 9.32 Å². The van der Waals surface area contributed by atoms with Crippen LogP contribution in [0.4, 0.5) is 0 Å². The zero-order valence-corrected chi connectivity index (χ0v) is 17.1. The van der Waals surface area contributed by atoms with E-state index in [1.807, 2.05) is 23.1 Å². The van der Waals surface area contributed by atoms with Gasteiger partial charge in [0, 0.05) is 43.7 Å². The predicted molar refractivity (Wildman–Crippen MR) is 110 cm³/mol. The minimum atomic E-state index is 0.199. The van der Waals surface area contributed by atoms with Crippen LogP contribution < -0.4 is 5.32 Å². The number of carbonyl (C=O) groups excluding carboxylic acids is 1. The summed E-state index contributed by atoms with van der Waals surface area (Å²) in [6, 6.07) is 13.3. The molecule has 1 N–H and O–H groups in total. The molecule has 1 aliphatic carbocycles. The zero-order valence-electron chi connectivity index (χ0n) is 17.1. The number of rotatable bonds is 5. The molecule has 5 heteroatoms. The standard InChI is InChI=1S/C23H31N3O2/c1-16(27)26-11-9-19(10-12-26)24-22-14-18(23(22,2)3)13-20-15-21(28-25-20)17-7-5-4-6-8-17/h4-8,15,18-19,22,24H,9-14H2,1-3H3/t18-,22+/m1/s1. The van der Waals surface area contributed by atoms with Crippen LogP contribution in [-0.4, -0.2) is 41.1 Å². The van der Waals surface area contributed by atoms with Crippen LogP contribution in [0.2, 0.25) is 0 Å². The summed E-state index contributed by atoms with van der Waals surface area (Å²) in [4.78, 5) is 13.5. The summed E-state index contributed by atoms with van der Waals surface area (Å²) in [5, 5.41) is 8.18. The molecule has 2 heterocycles. The molecule has 5 nitrogen and oxygen atoms in total. The Bertz CT molecular complexity index is 806. The molecule has 2 aromatic rings. The average Bonchev–Trinajstić information content (AvgIpc) is 3.17. The van der Waals surface area contributed by atoms with Gasteiger partial charge in [-0.05, 0) is 37.0 Å². The lowest BCUT2D eigenvalue weighted by atomic mass is 9.57. The molecule has 4 rings (SSSR count). The van der Waals surface area contributed by atoms with E-state index < -0.39 is 0 Å². The SMILES string of the molecule is CC(=O)N1CCC(N[C@H]2C[C@@H](Cc3cc(-c4ccccc4)on3)C2(C)C)CC1. The van der Waals surface area contributed by atoms with E-state index in [4.69, 9.17) is 4.52 Å². The summed E-state index contributed by atoms with van der Waals surface area (Å²) in [5.41, 5.74) is 2.36. The number of benzene rings is 1. The summed E-state index contributed by atoms with van der Waals surface area (Å²) in [5.74, 6) is 1.65. The van der Waals surface area contributed by atoms with Crippen LogP contribution >= 0.6 is 0 Å². The molecular weight excluding hydrogens is 350 g/mol. The highest BCUT2D eigenvalue weighted by Gasteiger charge is 2.48. The Morgan fingerprint density at radius 3 is 2.61 bits per heavy atom. The Balaban J connectivity index is 1.30. The fraction of sp³-hybridized carbons (Fsp3) is 0.565. The fourth-order valence-corrected chi connectivity index (χ4v) is 4.69. The average molecular weight is 382 g/mol. The highest BCUT2D eigenvalue weighted by atomic mass is 16.5. The Kier molecular flexibility index (Phi) is 5.28. The Labute approximate surface area is 167 Å². The molecule has 1 aliphatic heterocycles. The van der Waals surface area contributed by atoms with Gasteiger partial charge in [-0.25, -0.2) is 0 Å². The number of hydrogen-bond acceptors (Lipinski definition) is 4. The van der Waals surface area contributed by atoms with Crippen molar-refractivity contribution in [3.8, 4) is 11.3 Å². The summed E-state index contributed by atoms with van der Waals surface area (Å²) >= 11 is 0. The van der Waals surface area contributed by atoms with Gasteiger partial charge in [-0.3, -0.25) is 4.79 Å². The van der Waals surface area contributed by atoms with Gasteiger partial charge in [0.05, 0.1) is 5.69 Å². The number of carbonyl (C=O) groups is 1. The maximum Gasteiger partial charge on any atom is 0.219 e. The third-order valence-electron chi connectivity index (χ3n) is 6.92. The lowest BCUT2D eigenvalue weighted by Crippen LogP contribution is -2.61. The largest absolute Gasteiger partial charge is 0.356 e. The van der Waals surface area contributed by atoms with Crippen molar-refractivity contribution in [1.29, 1.82) is 0 Å². The first-order valence-electron chi connectivity index (χ1n) is 10.5. The van der Waals surface area contributed by atoms with Crippen LogP contribution in [0.15, 0.2) is 40.9 Å². The predicted octanol–water partition coefficient (Wildman–Crippen LogP) is 3.90. The Morgan fingerprint density at radius 2 is 1.96 bits per heavy atom. The first-order valence-corrected chi connectivity index (χ1v) is 10.5. The zero-order chi connectivity index (χ0) is 19.7. The van der Waals surface area contributed by atoms with E-state index in [1.54, 1.807) is 6.92 Å². The quantitative estimate of drug-likeness (QED) is 0.853. The van der Waals surface area contributed by atoms with Crippen molar-refractivity contribution in [2.75, 3.05) is 13.1 Å². The van der Waals surface area contributed by atoms with Crippen LogP contribution in [0.1, 0.15) is 45.7 Å². The van der Waals surface area contributed by atoms with Crippen LogP contribution in [0, 0.1) is 11.3 Å². The molecular formula is C23H31N3O2. The number of piperidine rings is 1. The van der Waals surface area contributed by atoms with Gasteiger partial charge in [-0.1, -0.05) is 49.3 Å². The van der Waals surface area contributed by atoms with Crippen LogP contribution in [-0.2, 0) is 11.2 Å². The third kappa shape index (κ3) is 3.86. The summed E-state index contributed by atoms with van der Waals surface area (Å²) in [6.07, 6.45) is 4.25. The molecule has 1 saturated heterocycles. The topological polar surface area (TPSA) is 58.4 Å². The first kappa shape index (κ1) is 19.2. The van der Waals surface area contributed by atoms with Crippen molar-refractivity contribution in [1.82, 2.24) is 15.4 Å². The van der Waals surface area contributed by atoms with Crippen molar-refractivity contribution in [3.05, 3.63) is 42.1 Å². The van der Waals surface area contributed by atoms with E-state index >= 15 is 0 Å². The Hall–Kier alpha value is -2.14. The molecule has 0 radical (unpaired) electrons. The normalized spacial score (nSPS) is 24.8. The third-order valence-corrected chi connectivity index (χ3v) is 6.92. The van der Waals surface area contributed by atoms with Crippen molar-refractivity contribution in [2.45, 2.75) is 58.5 Å². The van der Waals surface area contributed by atoms with Gasteiger partial charge in [-0.2, -0.15) is 0 Å². The monoisotopic (exact) mass is 381 g/mol. The van der Waals surface area contributed by atoms with Gasteiger partial charge < -0.3 is 14.7 Å². The second-order valence-electron chi connectivity index (χ2n) is 9.01. The van der Waals surface area contributed by atoms with E-state index in [0.29, 0.717) is 18.0 Å². The number of amides is 1. The summed E-state index contributed by atoms with van der Waals surface area (Å²) < 4.78 is 5.57. The number of likely N-dealkylation sites (tertiary alicyclic amines) is 1. The summed E-state index contributed by atoms with van der Waals surface area (Å²) in [6.45, 7) is 8.15. The van der Waals surface area contributed by atoms with E-state index in [1.165, 1.54) is 6.42 Å². The van der Waals surface area contributed by atoms with Crippen molar-refractivity contribution >= 4 is 5.91 Å². The maximum absolute atomic E-state index is 11.5. The number of hydrogen-bond donors (Lipinski definition) is 1. The van der Waals surface area contributed by atoms with Gasteiger partial charge in [0.15, 0.2) is 5.76 Å². The van der Waals surface area contributed by atoms with Gasteiger partial charge in [-0.15, -0.1) is 0 Å². The second-order valence-corrected chi connectivity index (χ2v) is 9.01. The lowest BCUT2D eigenvalue weighted by Gasteiger charge is -2.54. The lowest BCUT2D eigenvalue weighted by molar-refractivity contribution is -0.130. The number of nitrogens with one attached hydrogen (secondary N) is 1. The minimum Gasteiger partial charge on any atom is -0.356 e. The second kappa shape index (κ2) is 7.70. The van der Waals surface area contributed by atoms with Gasteiger partial charge in [0.25, 0.3) is 0 Å². The molecule has 1 aromatic heterocycles. The smallest absolute Gasteiger partial charge is 0.219 e. The molecule has 28 heavy (non-hydrogen) atoms. The molecule has 150 valence electrons. The van der Waals surface area contributed by atoms with Crippen LogP contribution in [0.25, 0.3) is 11.3 Å². The molecule has 1 amide bonds. The van der Waals surface area contributed by atoms with E-state index in [0.717, 1.165) is 49.4 Å². The van der Waals surface area contributed by atoms with Crippen LogP contribution in [0.5, 0.6) is 0 Å². The van der Waals surface area contributed by atoms with E-state index in [2.05, 4.69) is 42.5 Å². The highest BCUT2D eigenvalue weighted by Crippen LogP contribution is 2.48. The van der Waals surface area contributed by atoms with Crippen LogP contribution in [0.3, 0.4) is 0 Å². The molecule has 1 aromatic carbocycles. The number of aromatic nitrogens is 1. The first-order chi connectivity index (χ1) is 13.4. The maximum atomic E-state index is 11.5. The fourth-order valence-electron chi connectivity index (χ4n) is 4.69. The van der Waals surface area contributed by atoms with E-state index in [9.17, 15) is 4.79 Å². The van der Waals surface area contributed by atoms with Crippen molar-refractivity contribution in [3.63, 3.8) is 0 Å². The summed E-state index contributed by atoms with van der Waals surface area (Å²) in [7, 11) is 0. The molecule has 2 aliphatic rings.